The topological polar surface area (TPSA) is 142 Å². The number of azo groups is 2. The standard InChI is InChI=1S/C34H30Cl2N6O4/c1-19-9-5-7-11-27(19)37-33(45)31(21(3)43)41-39-29-15-13-23(17-25(29)35)24-14-16-30(26(36)18-24)40-42-32(22(4)44)34(46)38-28-12-8-6-10-20(28)2/h5-18,31-32H,1-4H3,(H,37,45)(H,38,46)/t31-,32-/m0/s1. The van der Waals surface area contributed by atoms with E-state index in [4.69, 9.17) is 23.2 Å². The minimum Gasteiger partial charge on any atom is -0.324 e. The van der Waals surface area contributed by atoms with E-state index in [1.54, 1.807) is 60.7 Å². The van der Waals surface area contributed by atoms with Gasteiger partial charge < -0.3 is 10.6 Å². The highest BCUT2D eigenvalue weighted by atomic mass is 35.5. The van der Waals surface area contributed by atoms with Gasteiger partial charge in [-0.25, -0.2) is 0 Å². The zero-order chi connectivity index (χ0) is 33.4. The Bertz CT molecular complexity index is 1740. The summed E-state index contributed by atoms with van der Waals surface area (Å²) in [5.74, 6) is -2.16. The van der Waals surface area contributed by atoms with Crippen LogP contribution in [-0.2, 0) is 19.2 Å². The van der Waals surface area contributed by atoms with Crippen LogP contribution in [0, 0.1) is 13.8 Å². The van der Waals surface area contributed by atoms with Gasteiger partial charge in [0.2, 0.25) is 12.1 Å². The summed E-state index contributed by atoms with van der Waals surface area (Å²) in [6, 6.07) is 21.6. The van der Waals surface area contributed by atoms with E-state index >= 15 is 0 Å². The molecule has 0 spiro atoms. The predicted molar refractivity (Wildman–Crippen MR) is 179 cm³/mol. The number of hydrogen-bond donors (Lipinski definition) is 2. The van der Waals surface area contributed by atoms with Crippen molar-refractivity contribution >= 4 is 69.3 Å². The molecule has 4 aromatic rings. The highest BCUT2D eigenvalue weighted by Crippen LogP contribution is 2.35. The summed E-state index contributed by atoms with van der Waals surface area (Å²) in [6.45, 7) is 6.20. The average molecular weight is 658 g/mol. The van der Waals surface area contributed by atoms with E-state index in [2.05, 4.69) is 31.1 Å². The van der Waals surface area contributed by atoms with Gasteiger partial charge in [0, 0.05) is 11.4 Å². The highest BCUT2D eigenvalue weighted by molar-refractivity contribution is 6.34. The van der Waals surface area contributed by atoms with Crippen LogP contribution in [-0.4, -0.2) is 35.5 Å². The van der Waals surface area contributed by atoms with Crippen molar-refractivity contribution in [1.29, 1.82) is 0 Å². The lowest BCUT2D eigenvalue weighted by Gasteiger charge is -2.11. The summed E-state index contributed by atoms with van der Waals surface area (Å²) in [5.41, 5.74) is 4.72. The van der Waals surface area contributed by atoms with E-state index < -0.39 is 35.5 Å². The van der Waals surface area contributed by atoms with Crippen LogP contribution in [0.2, 0.25) is 10.0 Å². The number of para-hydroxylation sites is 2. The van der Waals surface area contributed by atoms with Crippen LogP contribution in [0.25, 0.3) is 11.1 Å². The predicted octanol–water partition coefficient (Wildman–Crippen LogP) is 8.64. The fourth-order valence-corrected chi connectivity index (χ4v) is 4.68. The maximum Gasteiger partial charge on any atom is 0.258 e. The van der Waals surface area contributed by atoms with Crippen molar-refractivity contribution < 1.29 is 19.2 Å². The SMILES string of the molecule is CC(=O)[C@H](N=Nc1ccc(-c2ccc(N=N[C@@H](C(C)=O)C(=O)Nc3ccccc3C)c(Cl)c2)cc1Cl)C(=O)Nc1ccccc1C. The molecular formula is C34H30Cl2N6O4. The van der Waals surface area contributed by atoms with Gasteiger partial charge in [-0.05, 0) is 86.3 Å². The number of Topliss-reactive ketones (excluding diaryl/α,β-unsaturated/α-hetero) is 2. The molecule has 4 aromatic carbocycles. The smallest absolute Gasteiger partial charge is 0.258 e. The molecule has 0 aliphatic rings. The number of nitrogens with one attached hydrogen (secondary N) is 2. The van der Waals surface area contributed by atoms with Crippen molar-refractivity contribution in [1.82, 2.24) is 0 Å². The summed E-state index contributed by atoms with van der Waals surface area (Å²) in [7, 11) is 0. The number of benzene rings is 4. The molecule has 234 valence electrons. The van der Waals surface area contributed by atoms with Crippen molar-refractivity contribution in [3.63, 3.8) is 0 Å². The molecule has 0 heterocycles. The van der Waals surface area contributed by atoms with Crippen LogP contribution >= 0.6 is 23.2 Å². The third-order valence-corrected chi connectivity index (χ3v) is 7.47. The third kappa shape index (κ3) is 8.56. The van der Waals surface area contributed by atoms with Crippen molar-refractivity contribution in [3.05, 3.63) is 106 Å². The quantitative estimate of drug-likeness (QED) is 0.123. The number of rotatable bonds is 11. The highest BCUT2D eigenvalue weighted by Gasteiger charge is 2.25. The number of amides is 2. The fraction of sp³-hybridized carbons (Fsp3) is 0.176. The van der Waals surface area contributed by atoms with Crippen molar-refractivity contribution in [2.24, 2.45) is 20.5 Å². The van der Waals surface area contributed by atoms with Gasteiger partial charge in [0.1, 0.15) is 11.4 Å². The van der Waals surface area contributed by atoms with E-state index in [-0.39, 0.29) is 21.4 Å². The number of anilines is 2. The van der Waals surface area contributed by atoms with Crippen LogP contribution in [0.3, 0.4) is 0 Å². The van der Waals surface area contributed by atoms with E-state index in [1.165, 1.54) is 13.8 Å². The fourth-order valence-electron chi connectivity index (χ4n) is 4.24. The van der Waals surface area contributed by atoms with Crippen molar-refractivity contribution in [2.45, 2.75) is 39.8 Å². The molecule has 0 aliphatic carbocycles. The molecule has 4 rings (SSSR count). The Morgan fingerprint density at radius 2 is 0.957 bits per heavy atom. The molecule has 2 N–H and O–H groups in total. The number of hydrogen-bond acceptors (Lipinski definition) is 8. The molecule has 0 aliphatic heterocycles. The first-order chi connectivity index (χ1) is 21.9. The van der Waals surface area contributed by atoms with Crippen LogP contribution in [0.15, 0.2) is 105 Å². The van der Waals surface area contributed by atoms with Crippen LogP contribution < -0.4 is 10.6 Å². The first kappa shape index (κ1) is 33.8. The Morgan fingerprint density at radius 1 is 0.587 bits per heavy atom. The van der Waals surface area contributed by atoms with E-state index in [0.717, 1.165) is 11.1 Å². The summed E-state index contributed by atoms with van der Waals surface area (Å²) in [5, 5.41) is 22.0. The molecule has 0 fully saturated rings. The maximum atomic E-state index is 12.8. The molecule has 46 heavy (non-hydrogen) atoms. The van der Waals surface area contributed by atoms with Gasteiger partial charge in [-0.15, -0.1) is 0 Å². The molecule has 0 saturated carbocycles. The minimum atomic E-state index is -1.35. The molecule has 2 atom stereocenters. The van der Waals surface area contributed by atoms with Crippen molar-refractivity contribution in [2.75, 3.05) is 10.6 Å². The second-order valence-corrected chi connectivity index (χ2v) is 11.2. The number of nitrogens with zero attached hydrogens (tertiary/aromatic N) is 4. The Morgan fingerprint density at radius 3 is 1.28 bits per heavy atom. The van der Waals surface area contributed by atoms with Crippen LogP contribution in [0.1, 0.15) is 25.0 Å². The van der Waals surface area contributed by atoms with E-state index in [0.29, 0.717) is 22.5 Å². The van der Waals surface area contributed by atoms with Gasteiger partial charge in [0.05, 0.1) is 10.0 Å². The lowest BCUT2D eigenvalue weighted by atomic mass is 10.0. The number of ketones is 2. The monoisotopic (exact) mass is 656 g/mol. The summed E-state index contributed by atoms with van der Waals surface area (Å²) in [6.07, 6.45) is 0. The molecule has 0 aromatic heterocycles. The summed E-state index contributed by atoms with van der Waals surface area (Å²) < 4.78 is 0. The number of carbonyl (C=O) groups excluding carboxylic acids is 4. The Hall–Kier alpha value is -5.06. The first-order valence-electron chi connectivity index (χ1n) is 14.1. The zero-order valence-corrected chi connectivity index (χ0v) is 26.9. The lowest BCUT2D eigenvalue weighted by molar-refractivity contribution is -0.127. The van der Waals surface area contributed by atoms with Gasteiger partial charge in [0.25, 0.3) is 11.8 Å². The summed E-state index contributed by atoms with van der Waals surface area (Å²) >= 11 is 13.0. The van der Waals surface area contributed by atoms with Gasteiger partial charge in [-0.1, -0.05) is 71.7 Å². The molecule has 0 radical (unpaired) electrons. The number of halogens is 2. The molecule has 0 saturated heterocycles. The Balaban J connectivity index is 1.47. The van der Waals surface area contributed by atoms with Gasteiger partial charge in [-0.2, -0.15) is 20.5 Å². The number of aryl methyl sites for hydroxylation is 2. The van der Waals surface area contributed by atoms with Crippen molar-refractivity contribution in [3.8, 4) is 11.1 Å². The second-order valence-electron chi connectivity index (χ2n) is 10.4. The third-order valence-electron chi connectivity index (χ3n) is 6.86. The van der Waals surface area contributed by atoms with Gasteiger partial charge in [0.15, 0.2) is 11.6 Å². The second kappa shape index (κ2) is 15.3. The Kier molecular flexibility index (Phi) is 11.2. The minimum absolute atomic E-state index is 0.228. The lowest BCUT2D eigenvalue weighted by Crippen LogP contribution is -2.32. The average Bonchev–Trinajstić information content (AvgIpc) is 3.00. The first-order valence-corrected chi connectivity index (χ1v) is 14.8. The Labute approximate surface area is 275 Å². The van der Waals surface area contributed by atoms with Crippen LogP contribution in [0.5, 0.6) is 0 Å². The molecular weight excluding hydrogens is 627 g/mol. The molecule has 0 bridgehead atoms. The molecule has 10 nitrogen and oxygen atoms in total. The molecule has 12 heteroatoms. The van der Waals surface area contributed by atoms with E-state index in [9.17, 15) is 19.2 Å². The molecule has 2 amide bonds. The number of carbonyl (C=O) groups is 4. The summed E-state index contributed by atoms with van der Waals surface area (Å²) in [4.78, 5) is 49.9. The normalized spacial score (nSPS) is 12.6. The van der Waals surface area contributed by atoms with Gasteiger partial charge >= 0.3 is 0 Å². The maximum absolute atomic E-state index is 12.8. The van der Waals surface area contributed by atoms with Gasteiger partial charge in [-0.3, -0.25) is 19.2 Å². The zero-order valence-electron chi connectivity index (χ0n) is 25.4. The molecule has 0 unspecified atom stereocenters. The van der Waals surface area contributed by atoms with Crippen LogP contribution in [0.4, 0.5) is 22.7 Å². The van der Waals surface area contributed by atoms with E-state index in [1.807, 2.05) is 38.1 Å². The largest absolute Gasteiger partial charge is 0.324 e.